The van der Waals surface area contributed by atoms with Gasteiger partial charge in [-0.25, -0.2) is 0 Å². The molecule has 8 nitrogen and oxygen atoms in total. The van der Waals surface area contributed by atoms with Gasteiger partial charge in [0.05, 0.1) is 36.0 Å². The predicted octanol–water partition coefficient (Wildman–Crippen LogP) is 3.34. The standard InChI is InChI=1S/C28H33NO7/c1-12-14(3)35-20(9-17(12)29)36-19-11-28(4,33)10-16-13(2)21-24(27(32)23(16)19)26(31)22-15(25(21)30)7-6-8-18(22)34-5/h6-8,12,14,17,19-20,32-33H,9-11,29H2,1-5H3. The summed E-state index contributed by atoms with van der Waals surface area (Å²) in [6, 6.07) is 4.74. The van der Waals surface area contributed by atoms with Crippen molar-refractivity contribution >= 4 is 11.6 Å². The van der Waals surface area contributed by atoms with Crippen molar-refractivity contribution in [2.45, 2.75) is 77.1 Å². The van der Waals surface area contributed by atoms with Crippen molar-refractivity contribution in [1.29, 1.82) is 0 Å². The van der Waals surface area contributed by atoms with Gasteiger partial charge in [0.1, 0.15) is 11.5 Å². The highest BCUT2D eigenvalue weighted by Crippen LogP contribution is 2.50. The van der Waals surface area contributed by atoms with Crippen LogP contribution in [0, 0.1) is 12.8 Å². The number of ketones is 2. The minimum Gasteiger partial charge on any atom is -0.507 e. The van der Waals surface area contributed by atoms with Crippen LogP contribution < -0.4 is 10.5 Å². The number of carbonyl (C=O) groups excluding carboxylic acids is 2. The number of rotatable bonds is 3. The number of hydrogen-bond donors (Lipinski definition) is 3. The van der Waals surface area contributed by atoms with Crippen LogP contribution in [0.2, 0.25) is 0 Å². The summed E-state index contributed by atoms with van der Waals surface area (Å²) >= 11 is 0. The van der Waals surface area contributed by atoms with Gasteiger partial charge in [0, 0.05) is 42.0 Å². The highest BCUT2D eigenvalue weighted by molar-refractivity contribution is 6.31. The number of aromatic hydroxyl groups is 1. The molecule has 0 radical (unpaired) electrons. The van der Waals surface area contributed by atoms with E-state index < -0.39 is 23.8 Å². The van der Waals surface area contributed by atoms with Gasteiger partial charge >= 0.3 is 0 Å². The summed E-state index contributed by atoms with van der Waals surface area (Å²) in [4.78, 5) is 27.3. The summed E-state index contributed by atoms with van der Waals surface area (Å²) in [5, 5.41) is 22.7. The molecule has 0 saturated carbocycles. The third kappa shape index (κ3) is 3.75. The Balaban J connectivity index is 1.65. The fourth-order valence-electron chi connectivity index (χ4n) is 5.95. The van der Waals surface area contributed by atoms with Crippen LogP contribution in [0.15, 0.2) is 18.2 Å². The fraction of sp³-hybridized carbons (Fsp3) is 0.500. The molecular weight excluding hydrogens is 462 g/mol. The zero-order valence-corrected chi connectivity index (χ0v) is 21.3. The molecule has 8 heteroatoms. The Hall–Kier alpha value is -2.78. The summed E-state index contributed by atoms with van der Waals surface area (Å²) in [6.07, 6.45) is -0.651. The van der Waals surface area contributed by atoms with Gasteiger partial charge < -0.3 is 30.2 Å². The lowest BCUT2D eigenvalue weighted by atomic mass is 9.72. The summed E-state index contributed by atoms with van der Waals surface area (Å²) in [5.41, 5.74) is 7.23. The van der Waals surface area contributed by atoms with Crippen molar-refractivity contribution in [1.82, 2.24) is 0 Å². The molecule has 0 amide bonds. The largest absolute Gasteiger partial charge is 0.507 e. The second-order valence-electron chi connectivity index (χ2n) is 10.7. The molecule has 4 N–H and O–H groups in total. The number of nitrogens with two attached hydrogens (primary N) is 1. The minimum absolute atomic E-state index is 0.0494. The molecule has 2 aromatic carbocycles. The lowest BCUT2D eigenvalue weighted by molar-refractivity contribution is -0.236. The van der Waals surface area contributed by atoms with Crippen molar-refractivity contribution in [3.05, 3.63) is 57.1 Å². The molecule has 6 unspecified atom stereocenters. The average molecular weight is 496 g/mol. The number of carbonyl (C=O) groups is 2. The van der Waals surface area contributed by atoms with Crippen molar-refractivity contribution in [2.75, 3.05) is 7.11 Å². The molecular formula is C28H33NO7. The zero-order valence-electron chi connectivity index (χ0n) is 21.3. The minimum atomic E-state index is -1.15. The van der Waals surface area contributed by atoms with Crippen LogP contribution >= 0.6 is 0 Å². The Kier molecular flexibility index (Phi) is 5.99. The molecule has 1 aliphatic heterocycles. The van der Waals surface area contributed by atoms with Gasteiger partial charge in [0.25, 0.3) is 0 Å². The summed E-state index contributed by atoms with van der Waals surface area (Å²) < 4.78 is 17.8. The molecule has 6 atom stereocenters. The summed E-state index contributed by atoms with van der Waals surface area (Å²) in [6.45, 7) is 7.43. The van der Waals surface area contributed by atoms with Crippen LogP contribution in [0.4, 0.5) is 0 Å². The molecule has 0 spiro atoms. The molecule has 0 bridgehead atoms. The van der Waals surface area contributed by atoms with Crippen LogP contribution in [0.5, 0.6) is 11.5 Å². The Morgan fingerprint density at radius 3 is 2.53 bits per heavy atom. The average Bonchev–Trinajstić information content (AvgIpc) is 2.81. The number of phenols is 1. The van der Waals surface area contributed by atoms with E-state index in [0.717, 1.165) is 0 Å². The highest BCUT2D eigenvalue weighted by atomic mass is 16.7. The van der Waals surface area contributed by atoms with Crippen LogP contribution in [0.1, 0.15) is 88.3 Å². The third-order valence-corrected chi connectivity index (χ3v) is 8.13. The Morgan fingerprint density at radius 2 is 1.86 bits per heavy atom. The van der Waals surface area contributed by atoms with Crippen LogP contribution in [-0.4, -0.2) is 52.9 Å². The van der Waals surface area contributed by atoms with Gasteiger partial charge in [-0.1, -0.05) is 19.1 Å². The molecule has 5 rings (SSSR count). The molecule has 1 heterocycles. The van der Waals surface area contributed by atoms with E-state index in [1.807, 2.05) is 13.8 Å². The van der Waals surface area contributed by atoms with E-state index in [1.54, 1.807) is 32.0 Å². The first-order valence-electron chi connectivity index (χ1n) is 12.4. The van der Waals surface area contributed by atoms with E-state index in [4.69, 9.17) is 19.9 Å². The number of phenolic OH excluding ortho intramolecular Hbond substituents is 1. The van der Waals surface area contributed by atoms with E-state index in [1.165, 1.54) is 7.11 Å². The van der Waals surface area contributed by atoms with E-state index in [0.29, 0.717) is 23.1 Å². The summed E-state index contributed by atoms with van der Waals surface area (Å²) in [7, 11) is 1.43. The maximum atomic E-state index is 13.7. The molecule has 1 saturated heterocycles. The van der Waals surface area contributed by atoms with Gasteiger partial charge in [-0.05, 0) is 43.9 Å². The number of fused-ring (bicyclic) bond motifs is 3. The van der Waals surface area contributed by atoms with Crippen molar-refractivity contribution in [2.24, 2.45) is 11.7 Å². The van der Waals surface area contributed by atoms with E-state index in [2.05, 4.69) is 0 Å². The molecule has 192 valence electrons. The maximum Gasteiger partial charge on any atom is 0.201 e. The number of aliphatic hydroxyl groups is 1. The van der Waals surface area contributed by atoms with Crippen LogP contribution in [0.3, 0.4) is 0 Å². The first-order chi connectivity index (χ1) is 16.9. The van der Waals surface area contributed by atoms with Gasteiger partial charge in [0.2, 0.25) is 5.78 Å². The maximum absolute atomic E-state index is 13.7. The van der Waals surface area contributed by atoms with Crippen LogP contribution in [0.25, 0.3) is 0 Å². The van der Waals surface area contributed by atoms with Crippen molar-refractivity contribution in [3.63, 3.8) is 0 Å². The lowest BCUT2D eigenvalue weighted by Crippen LogP contribution is -2.47. The van der Waals surface area contributed by atoms with Gasteiger partial charge in [0.15, 0.2) is 12.1 Å². The molecule has 36 heavy (non-hydrogen) atoms. The molecule has 0 aromatic heterocycles. The SMILES string of the molecule is COc1cccc2c1C(=O)c1c(O)c3c(c(C)c1C2=O)CC(C)(O)CC3OC1CC(N)C(C)C(C)O1. The monoisotopic (exact) mass is 495 g/mol. The smallest absolute Gasteiger partial charge is 0.201 e. The normalized spacial score (nSPS) is 31.5. The van der Waals surface area contributed by atoms with Gasteiger partial charge in [-0.3, -0.25) is 9.59 Å². The zero-order chi connectivity index (χ0) is 26.1. The number of methoxy groups -OCH3 is 1. The third-order valence-electron chi connectivity index (χ3n) is 8.13. The summed E-state index contributed by atoms with van der Waals surface area (Å²) in [5.74, 6) is -0.693. The van der Waals surface area contributed by atoms with E-state index >= 15 is 0 Å². The first-order valence-corrected chi connectivity index (χ1v) is 12.4. The number of benzene rings is 2. The predicted molar refractivity (Wildman–Crippen MR) is 132 cm³/mol. The Morgan fingerprint density at radius 1 is 1.14 bits per heavy atom. The fourth-order valence-corrected chi connectivity index (χ4v) is 5.95. The second-order valence-corrected chi connectivity index (χ2v) is 10.7. The number of hydrogen-bond acceptors (Lipinski definition) is 8. The topological polar surface area (TPSA) is 128 Å². The van der Waals surface area contributed by atoms with Crippen molar-refractivity contribution < 1.29 is 34.0 Å². The molecule has 2 aromatic rings. The van der Waals surface area contributed by atoms with E-state index in [-0.39, 0.29) is 70.4 Å². The molecule has 3 aliphatic rings. The van der Waals surface area contributed by atoms with Crippen molar-refractivity contribution in [3.8, 4) is 11.5 Å². The second kappa shape index (κ2) is 8.66. The molecule has 1 fully saturated rings. The van der Waals surface area contributed by atoms with Crippen LogP contribution in [-0.2, 0) is 15.9 Å². The van der Waals surface area contributed by atoms with Gasteiger partial charge in [-0.15, -0.1) is 0 Å². The Bertz CT molecular complexity index is 1260. The number of ether oxygens (including phenoxy) is 3. The quantitative estimate of drug-likeness (QED) is 0.505. The highest BCUT2D eigenvalue weighted by Gasteiger charge is 2.45. The Labute approximate surface area is 210 Å². The first kappa shape index (κ1) is 24.9. The van der Waals surface area contributed by atoms with E-state index in [9.17, 15) is 19.8 Å². The van der Waals surface area contributed by atoms with Gasteiger partial charge in [-0.2, -0.15) is 0 Å². The molecule has 2 aliphatic carbocycles. The lowest BCUT2D eigenvalue weighted by Gasteiger charge is -2.42.